The highest BCUT2D eigenvalue weighted by molar-refractivity contribution is 6.41. The molecule has 0 spiro atoms. The van der Waals surface area contributed by atoms with Gasteiger partial charge in [-0.05, 0) is 35.9 Å². The van der Waals surface area contributed by atoms with Gasteiger partial charge in [0.2, 0.25) is 5.78 Å². The minimum Gasteiger partial charge on any atom is -0.288 e. The highest BCUT2D eigenvalue weighted by atomic mass is 35.5. The molecule has 0 aromatic heterocycles. The number of carbonyl (C=O) groups excluding carboxylic acids is 1. The summed E-state index contributed by atoms with van der Waals surface area (Å²) in [5.74, 6) is -2.78. The van der Waals surface area contributed by atoms with Crippen molar-refractivity contribution < 1.29 is 13.6 Å². The van der Waals surface area contributed by atoms with Gasteiger partial charge in [0.05, 0.1) is 15.6 Å². The lowest BCUT2D eigenvalue weighted by atomic mass is 10.0. The number of halogens is 4. The van der Waals surface area contributed by atoms with Crippen LogP contribution >= 0.6 is 23.2 Å². The lowest BCUT2D eigenvalue weighted by Crippen LogP contribution is -2.04. The molecule has 0 aliphatic heterocycles. The maximum Gasteiger partial charge on any atom is 0.206 e. The standard InChI is InChI=1S/C16H7Cl2F2NO/c17-11-2-1-3-12(18)15(11)16(22)10(8-21)6-9-4-5-13(19)14(20)7-9/h1-7H. The van der Waals surface area contributed by atoms with Crippen LogP contribution in [-0.2, 0) is 0 Å². The van der Waals surface area contributed by atoms with E-state index < -0.39 is 17.4 Å². The summed E-state index contributed by atoms with van der Waals surface area (Å²) in [5, 5.41) is 9.33. The average Bonchev–Trinajstić information content (AvgIpc) is 2.48. The number of nitrogens with zero attached hydrogens (tertiary/aromatic N) is 1. The van der Waals surface area contributed by atoms with E-state index in [2.05, 4.69) is 0 Å². The zero-order valence-corrected chi connectivity index (χ0v) is 12.4. The molecule has 2 rings (SSSR count). The minimum absolute atomic E-state index is 0.0128. The van der Waals surface area contributed by atoms with Crippen LogP contribution in [0.4, 0.5) is 8.78 Å². The van der Waals surface area contributed by atoms with Crippen LogP contribution in [0.15, 0.2) is 42.0 Å². The largest absolute Gasteiger partial charge is 0.288 e. The average molecular weight is 338 g/mol. The molecule has 0 atom stereocenters. The van der Waals surface area contributed by atoms with Gasteiger partial charge in [0.25, 0.3) is 0 Å². The van der Waals surface area contributed by atoms with Crippen LogP contribution in [0.1, 0.15) is 15.9 Å². The Bertz CT molecular complexity index is 805. The van der Waals surface area contributed by atoms with Gasteiger partial charge >= 0.3 is 0 Å². The lowest BCUT2D eigenvalue weighted by Gasteiger charge is -2.05. The molecule has 0 N–H and O–H groups in total. The molecular weight excluding hydrogens is 331 g/mol. The third kappa shape index (κ3) is 3.33. The number of benzene rings is 2. The molecule has 6 heteroatoms. The Labute approximate surface area is 135 Å². The SMILES string of the molecule is N#CC(=Cc1ccc(F)c(F)c1)C(=O)c1c(Cl)cccc1Cl. The fourth-order valence-electron chi connectivity index (χ4n) is 1.77. The van der Waals surface area contributed by atoms with Crippen LogP contribution in [0.25, 0.3) is 6.08 Å². The number of ketones is 1. The topological polar surface area (TPSA) is 40.9 Å². The highest BCUT2D eigenvalue weighted by Gasteiger charge is 2.19. The first-order chi connectivity index (χ1) is 10.4. The van der Waals surface area contributed by atoms with E-state index in [9.17, 15) is 13.6 Å². The zero-order chi connectivity index (χ0) is 16.3. The van der Waals surface area contributed by atoms with Crippen molar-refractivity contribution in [1.29, 1.82) is 5.26 Å². The molecule has 22 heavy (non-hydrogen) atoms. The number of Topliss-reactive ketones (excluding diaryl/α,β-unsaturated/α-hetero) is 1. The van der Waals surface area contributed by atoms with Crippen molar-refractivity contribution in [2.45, 2.75) is 0 Å². The molecule has 110 valence electrons. The first-order valence-electron chi connectivity index (χ1n) is 5.99. The van der Waals surface area contributed by atoms with Crippen LogP contribution in [-0.4, -0.2) is 5.78 Å². The summed E-state index contributed by atoms with van der Waals surface area (Å²) >= 11 is 11.8. The molecule has 0 fully saturated rings. The first kappa shape index (κ1) is 16.2. The van der Waals surface area contributed by atoms with E-state index in [1.54, 1.807) is 12.1 Å². The molecule has 0 bridgehead atoms. The fraction of sp³-hybridized carbons (Fsp3) is 0. The fourth-order valence-corrected chi connectivity index (χ4v) is 2.34. The summed E-state index contributed by atoms with van der Waals surface area (Å²) in [6.45, 7) is 0. The van der Waals surface area contributed by atoms with E-state index in [-0.39, 0.29) is 26.7 Å². The van der Waals surface area contributed by atoms with Crippen LogP contribution in [0.3, 0.4) is 0 Å². The van der Waals surface area contributed by atoms with E-state index in [0.717, 1.165) is 18.2 Å². The minimum atomic E-state index is -1.07. The maximum absolute atomic E-state index is 13.2. The quantitative estimate of drug-likeness (QED) is 0.446. The van der Waals surface area contributed by atoms with Crippen molar-refractivity contribution in [2.24, 2.45) is 0 Å². The number of hydrogen-bond donors (Lipinski definition) is 0. The summed E-state index contributed by atoms with van der Waals surface area (Å²) in [5.41, 5.74) is -0.130. The highest BCUT2D eigenvalue weighted by Crippen LogP contribution is 2.27. The van der Waals surface area contributed by atoms with Crippen LogP contribution in [0.2, 0.25) is 10.0 Å². The normalized spacial score (nSPS) is 11.1. The number of hydrogen-bond acceptors (Lipinski definition) is 2. The summed E-state index contributed by atoms with van der Waals surface area (Å²) in [6.07, 6.45) is 1.14. The predicted octanol–water partition coefficient (Wildman–Crippen LogP) is 5.06. The monoisotopic (exact) mass is 337 g/mol. The first-order valence-corrected chi connectivity index (χ1v) is 6.75. The molecule has 0 saturated carbocycles. The van der Waals surface area contributed by atoms with E-state index in [0.29, 0.717) is 0 Å². The second-order valence-electron chi connectivity index (χ2n) is 4.27. The van der Waals surface area contributed by atoms with Gasteiger partial charge in [0, 0.05) is 0 Å². The molecule has 0 aliphatic rings. The second kappa shape index (κ2) is 6.69. The Kier molecular flexibility index (Phi) is 4.92. The van der Waals surface area contributed by atoms with Gasteiger partial charge in [-0.1, -0.05) is 35.3 Å². The number of nitriles is 1. The third-order valence-corrected chi connectivity index (χ3v) is 3.44. The van der Waals surface area contributed by atoms with E-state index in [1.165, 1.54) is 18.2 Å². The van der Waals surface area contributed by atoms with Crippen LogP contribution in [0.5, 0.6) is 0 Å². The molecule has 0 heterocycles. The van der Waals surface area contributed by atoms with E-state index in [4.69, 9.17) is 28.5 Å². The van der Waals surface area contributed by atoms with Crippen molar-refractivity contribution >= 4 is 35.1 Å². The van der Waals surface area contributed by atoms with Gasteiger partial charge in [-0.15, -0.1) is 0 Å². The van der Waals surface area contributed by atoms with Crippen LogP contribution < -0.4 is 0 Å². The molecule has 2 aromatic rings. The Balaban J connectivity index is 2.48. The molecule has 2 nitrogen and oxygen atoms in total. The van der Waals surface area contributed by atoms with Gasteiger partial charge in [-0.3, -0.25) is 4.79 Å². The van der Waals surface area contributed by atoms with Gasteiger partial charge < -0.3 is 0 Å². The smallest absolute Gasteiger partial charge is 0.206 e. The summed E-state index contributed by atoms with van der Waals surface area (Å²) in [7, 11) is 0. The number of carbonyl (C=O) groups is 1. The van der Waals surface area contributed by atoms with Gasteiger partial charge in [-0.25, -0.2) is 8.78 Å². The molecule has 0 aliphatic carbocycles. The second-order valence-corrected chi connectivity index (χ2v) is 5.08. The van der Waals surface area contributed by atoms with Gasteiger partial charge in [0.1, 0.15) is 11.6 Å². The number of rotatable bonds is 3. The van der Waals surface area contributed by atoms with Crippen molar-refractivity contribution in [2.75, 3.05) is 0 Å². The van der Waals surface area contributed by atoms with Crippen molar-refractivity contribution in [1.82, 2.24) is 0 Å². The zero-order valence-electron chi connectivity index (χ0n) is 10.9. The van der Waals surface area contributed by atoms with E-state index >= 15 is 0 Å². The predicted molar refractivity (Wildman–Crippen MR) is 80.7 cm³/mol. The Morgan fingerprint density at radius 1 is 1.09 bits per heavy atom. The Morgan fingerprint density at radius 2 is 1.73 bits per heavy atom. The van der Waals surface area contributed by atoms with Crippen molar-refractivity contribution in [3.8, 4) is 6.07 Å². The lowest BCUT2D eigenvalue weighted by molar-refractivity contribution is 0.104. The molecule has 0 amide bonds. The number of allylic oxidation sites excluding steroid dienone is 1. The van der Waals surface area contributed by atoms with Gasteiger partial charge in [0.15, 0.2) is 11.6 Å². The maximum atomic E-state index is 13.2. The summed E-state index contributed by atoms with van der Waals surface area (Å²) in [6, 6.07) is 9.24. The van der Waals surface area contributed by atoms with Crippen molar-refractivity contribution in [3.05, 3.63) is 74.8 Å². The Morgan fingerprint density at radius 3 is 2.27 bits per heavy atom. The third-order valence-electron chi connectivity index (χ3n) is 2.81. The van der Waals surface area contributed by atoms with E-state index in [1.807, 2.05) is 0 Å². The molecular formula is C16H7Cl2F2NO. The summed E-state index contributed by atoms with van der Waals surface area (Å²) in [4.78, 5) is 12.3. The molecule has 0 radical (unpaired) electrons. The molecule has 2 aromatic carbocycles. The van der Waals surface area contributed by atoms with Gasteiger partial charge in [-0.2, -0.15) is 5.26 Å². The molecule has 0 saturated heterocycles. The Hall–Kier alpha value is -2.22. The van der Waals surface area contributed by atoms with Crippen LogP contribution in [0, 0.1) is 23.0 Å². The summed E-state index contributed by atoms with van der Waals surface area (Å²) < 4.78 is 26.1. The molecule has 0 unspecified atom stereocenters. The van der Waals surface area contributed by atoms with Crippen molar-refractivity contribution in [3.63, 3.8) is 0 Å².